The van der Waals surface area contributed by atoms with Crippen LogP contribution in [0.3, 0.4) is 0 Å². The van der Waals surface area contributed by atoms with Crippen LogP contribution in [0.1, 0.15) is 15.9 Å². The van der Waals surface area contributed by atoms with Gasteiger partial charge in [-0.15, -0.1) is 0 Å². The van der Waals surface area contributed by atoms with Crippen LogP contribution in [0.2, 0.25) is 5.02 Å². The van der Waals surface area contributed by atoms with Gasteiger partial charge >= 0.3 is 0 Å². The summed E-state index contributed by atoms with van der Waals surface area (Å²) in [7, 11) is 1.58. The second kappa shape index (κ2) is 6.39. The van der Waals surface area contributed by atoms with Gasteiger partial charge in [0.1, 0.15) is 5.82 Å². The molecule has 0 fully saturated rings. The molecular formula is C15H14ClFN2O. The lowest BCUT2D eigenvalue weighted by atomic mass is 10.1. The molecule has 104 valence electrons. The average molecular weight is 293 g/mol. The van der Waals surface area contributed by atoms with Crippen molar-refractivity contribution in [3.05, 3.63) is 64.4 Å². The number of hydrogen-bond donors (Lipinski definition) is 2. The van der Waals surface area contributed by atoms with E-state index in [0.717, 1.165) is 11.3 Å². The fraction of sp³-hybridized carbons (Fsp3) is 0.133. The van der Waals surface area contributed by atoms with Crippen LogP contribution in [0, 0.1) is 5.82 Å². The molecule has 0 aliphatic heterocycles. The Labute approximate surface area is 121 Å². The maximum atomic E-state index is 12.9. The molecule has 1 amide bonds. The first-order chi connectivity index (χ1) is 9.60. The smallest absolute Gasteiger partial charge is 0.251 e. The number of hydrogen-bond acceptors (Lipinski definition) is 2. The minimum Gasteiger partial charge on any atom is -0.381 e. The van der Waals surface area contributed by atoms with Crippen molar-refractivity contribution in [3.8, 4) is 0 Å². The lowest BCUT2D eigenvalue weighted by molar-refractivity contribution is 0.0963. The Kier molecular flexibility index (Phi) is 4.58. The molecule has 2 rings (SSSR count). The SMILES string of the molecule is CNC(=O)c1cccc(NCc2ccc(F)cc2Cl)c1. The van der Waals surface area contributed by atoms with E-state index >= 15 is 0 Å². The first kappa shape index (κ1) is 14.3. The van der Waals surface area contributed by atoms with Gasteiger partial charge in [-0.1, -0.05) is 23.7 Å². The molecule has 0 saturated heterocycles. The molecule has 0 saturated carbocycles. The van der Waals surface area contributed by atoms with Crippen LogP contribution >= 0.6 is 11.6 Å². The predicted molar refractivity (Wildman–Crippen MR) is 78.6 cm³/mol. The molecular weight excluding hydrogens is 279 g/mol. The number of nitrogens with one attached hydrogen (secondary N) is 2. The number of halogens is 2. The lowest BCUT2D eigenvalue weighted by Crippen LogP contribution is -2.17. The summed E-state index contributed by atoms with van der Waals surface area (Å²) >= 11 is 5.96. The first-order valence-electron chi connectivity index (χ1n) is 6.10. The van der Waals surface area contributed by atoms with E-state index in [2.05, 4.69) is 10.6 Å². The van der Waals surface area contributed by atoms with Crippen molar-refractivity contribution in [2.24, 2.45) is 0 Å². The van der Waals surface area contributed by atoms with E-state index in [4.69, 9.17) is 11.6 Å². The standard InChI is InChI=1S/C15H14ClFN2O/c1-18-15(20)10-3-2-4-13(7-10)19-9-11-5-6-12(17)8-14(11)16/h2-8,19H,9H2,1H3,(H,18,20). The Morgan fingerprint density at radius 3 is 2.75 bits per heavy atom. The van der Waals surface area contributed by atoms with Gasteiger partial charge in [-0.2, -0.15) is 0 Å². The molecule has 0 aliphatic rings. The average Bonchev–Trinajstić information content (AvgIpc) is 2.46. The minimum atomic E-state index is -0.361. The van der Waals surface area contributed by atoms with Crippen LogP contribution in [0.15, 0.2) is 42.5 Å². The van der Waals surface area contributed by atoms with Crippen molar-refractivity contribution in [3.63, 3.8) is 0 Å². The molecule has 20 heavy (non-hydrogen) atoms. The van der Waals surface area contributed by atoms with Gasteiger partial charge in [-0.25, -0.2) is 4.39 Å². The summed E-state index contributed by atoms with van der Waals surface area (Å²) in [5.74, 6) is -0.506. The van der Waals surface area contributed by atoms with Gasteiger partial charge in [0.05, 0.1) is 0 Å². The van der Waals surface area contributed by atoms with Crippen molar-refractivity contribution in [1.29, 1.82) is 0 Å². The molecule has 0 heterocycles. The Hall–Kier alpha value is -2.07. The molecule has 0 bridgehead atoms. The van der Waals surface area contributed by atoms with Crippen molar-refractivity contribution >= 4 is 23.2 Å². The van der Waals surface area contributed by atoms with Crippen molar-refractivity contribution < 1.29 is 9.18 Å². The van der Waals surface area contributed by atoms with Gasteiger partial charge < -0.3 is 10.6 Å². The highest BCUT2D eigenvalue weighted by Crippen LogP contribution is 2.19. The van der Waals surface area contributed by atoms with Crippen LogP contribution in [0.4, 0.5) is 10.1 Å². The Morgan fingerprint density at radius 2 is 2.05 bits per heavy atom. The fourth-order valence-electron chi connectivity index (χ4n) is 1.78. The zero-order valence-corrected chi connectivity index (χ0v) is 11.7. The fourth-order valence-corrected chi connectivity index (χ4v) is 2.01. The van der Waals surface area contributed by atoms with Gasteiger partial charge in [-0.3, -0.25) is 4.79 Å². The van der Waals surface area contributed by atoms with E-state index in [0.29, 0.717) is 17.1 Å². The quantitative estimate of drug-likeness (QED) is 0.906. The lowest BCUT2D eigenvalue weighted by Gasteiger charge is -2.09. The maximum Gasteiger partial charge on any atom is 0.251 e. The van der Waals surface area contributed by atoms with Crippen LogP contribution in [-0.4, -0.2) is 13.0 Å². The van der Waals surface area contributed by atoms with E-state index in [9.17, 15) is 9.18 Å². The maximum absolute atomic E-state index is 12.9. The molecule has 0 unspecified atom stereocenters. The van der Waals surface area contributed by atoms with E-state index in [1.54, 1.807) is 31.3 Å². The summed E-state index contributed by atoms with van der Waals surface area (Å²) in [6, 6.07) is 11.4. The zero-order valence-electron chi connectivity index (χ0n) is 10.9. The molecule has 0 aromatic heterocycles. The first-order valence-corrected chi connectivity index (χ1v) is 6.48. The summed E-state index contributed by atoms with van der Waals surface area (Å²) in [4.78, 5) is 11.5. The minimum absolute atomic E-state index is 0.145. The summed E-state index contributed by atoms with van der Waals surface area (Å²) in [5, 5.41) is 6.10. The molecule has 0 spiro atoms. The Morgan fingerprint density at radius 1 is 1.25 bits per heavy atom. The van der Waals surface area contributed by atoms with Gasteiger partial charge in [0.25, 0.3) is 5.91 Å². The van der Waals surface area contributed by atoms with E-state index in [1.165, 1.54) is 12.1 Å². The predicted octanol–water partition coefficient (Wildman–Crippen LogP) is 3.45. The third-order valence-electron chi connectivity index (χ3n) is 2.85. The van der Waals surface area contributed by atoms with Crippen molar-refractivity contribution in [2.45, 2.75) is 6.54 Å². The van der Waals surface area contributed by atoms with Crippen molar-refractivity contribution in [2.75, 3.05) is 12.4 Å². The second-order valence-electron chi connectivity index (χ2n) is 4.25. The van der Waals surface area contributed by atoms with Gasteiger partial charge in [0.15, 0.2) is 0 Å². The van der Waals surface area contributed by atoms with Gasteiger partial charge in [0.2, 0.25) is 0 Å². The molecule has 0 radical (unpaired) electrons. The molecule has 5 heteroatoms. The molecule has 3 nitrogen and oxygen atoms in total. The van der Waals surface area contributed by atoms with Gasteiger partial charge in [0, 0.05) is 29.9 Å². The van der Waals surface area contributed by atoms with Crippen LogP contribution in [0.25, 0.3) is 0 Å². The number of carbonyl (C=O) groups is 1. The normalized spacial score (nSPS) is 10.2. The highest BCUT2D eigenvalue weighted by molar-refractivity contribution is 6.31. The van der Waals surface area contributed by atoms with Crippen LogP contribution < -0.4 is 10.6 Å². The monoisotopic (exact) mass is 292 g/mol. The number of anilines is 1. The molecule has 2 aromatic rings. The summed E-state index contributed by atoms with van der Waals surface area (Å²) in [5.41, 5.74) is 2.16. The Balaban J connectivity index is 2.09. The third kappa shape index (κ3) is 3.48. The van der Waals surface area contributed by atoms with Crippen LogP contribution in [0.5, 0.6) is 0 Å². The number of carbonyl (C=O) groups excluding carboxylic acids is 1. The van der Waals surface area contributed by atoms with E-state index < -0.39 is 0 Å². The zero-order chi connectivity index (χ0) is 14.5. The van der Waals surface area contributed by atoms with Crippen LogP contribution in [-0.2, 0) is 6.54 Å². The highest BCUT2D eigenvalue weighted by atomic mass is 35.5. The number of benzene rings is 2. The number of amides is 1. The summed E-state index contributed by atoms with van der Waals surface area (Å²) < 4.78 is 12.9. The topological polar surface area (TPSA) is 41.1 Å². The third-order valence-corrected chi connectivity index (χ3v) is 3.20. The second-order valence-corrected chi connectivity index (χ2v) is 4.66. The molecule has 0 atom stereocenters. The summed E-state index contributed by atoms with van der Waals surface area (Å²) in [6.07, 6.45) is 0. The highest BCUT2D eigenvalue weighted by Gasteiger charge is 2.05. The largest absolute Gasteiger partial charge is 0.381 e. The van der Waals surface area contributed by atoms with E-state index in [1.807, 2.05) is 6.07 Å². The molecule has 2 aromatic carbocycles. The summed E-state index contributed by atoms with van der Waals surface area (Å²) in [6.45, 7) is 0.455. The van der Waals surface area contributed by atoms with E-state index in [-0.39, 0.29) is 11.7 Å². The Bertz CT molecular complexity index is 631. The van der Waals surface area contributed by atoms with Crippen molar-refractivity contribution in [1.82, 2.24) is 5.32 Å². The number of rotatable bonds is 4. The molecule has 2 N–H and O–H groups in total. The van der Waals surface area contributed by atoms with Gasteiger partial charge in [-0.05, 0) is 35.9 Å². The molecule has 0 aliphatic carbocycles.